The second kappa shape index (κ2) is 9.16. The summed E-state index contributed by atoms with van der Waals surface area (Å²) in [5, 5.41) is 7.87. The van der Waals surface area contributed by atoms with Crippen molar-refractivity contribution < 1.29 is 14.0 Å². The summed E-state index contributed by atoms with van der Waals surface area (Å²) in [5.74, 6) is 0.0745. The summed E-state index contributed by atoms with van der Waals surface area (Å²) in [4.78, 5) is 27.5. The number of aromatic nitrogens is 2. The summed E-state index contributed by atoms with van der Waals surface area (Å²) < 4.78 is 6.96. The van der Waals surface area contributed by atoms with E-state index >= 15 is 0 Å². The summed E-state index contributed by atoms with van der Waals surface area (Å²) in [6.07, 6.45) is 4.65. The van der Waals surface area contributed by atoms with E-state index in [-0.39, 0.29) is 17.9 Å². The molecular formula is C26H24N4O3. The standard InChI is InChI=1S/C26H24N4O3/c31-25(27-20-13-15-29(16-14-20)26(32)23-12-7-17-33-23)22-18-30(21-10-5-2-6-11-21)28-24(22)19-8-3-1-4-9-19/h1-12,17-18,20H,13-16H2,(H,27,31). The van der Waals surface area contributed by atoms with Gasteiger partial charge in [-0.1, -0.05) is 48.5 Å². The second-order valence-electron chi connectivity index (χ2n) is 8.05. The fraction of sp³-hybridized carbons (Fsp3) is 0.192. The number of para-hydroxylation sites is 1. The number of likely N-dealkylation sites (tertiary alicyclic amines) is 1. The van der Waals surface area contributed by atoms with E-state index in [1.165, 1.54) is 6.26 Å². The molecule has 1 saturated heterocycles. The van der Waals surface area contributed by atoms with E-state index in [1.807, 2.05) is 60.7 Å². The second-order valence-corrected chi connectivity index (χ2v) is 8.05. The van der Waals surface area contributed by atoms with Crippen molar-refractivity contribution >= 4 is 11.8 Å². The number of nitrogens with one attached hydrogen (secondary N) is 1. The summed E-state index contributed by atoms with van der Waals surface area (Å²) in [6, 6.07) is 22.8. The average molecular weight is 441 g/mol. The Balaban J connectivity index is 1.32. The van der Waals surface area contributed by atoms with Crippen molar-refractivity contribution in [3.8, 4) is 16.9 Å². The zero-order valence-corrected chi connectivity index (χ0v) is 18.1. The first-order chi connectivity index (χ1) is 16.2. The minimum Gasteiger partial charge on any atom is -0.459 e. The molecule has 0 unspecified atom stereocenters. The van der Waals surface area contributed by atoms with Crippen molar-refractivity contribution in [1.82, 2.24) is 20.0 Å². The summed E-state index contributed by atoms with van der Waals surface area (Å²) in [7, 11) is 0. The predicted octanol–water partition coefficient (Wildman–Crippen LogP) is 4.17. The maximum atomic E-state index is 13.3. The van der Waals surface area contributed by atoms with Gasteiger partial charge in [-0.25, -0.2) is 4.68 Å². The normalized spacial score (nSPS) is 14.2. The Kier molecular flexibility index (Phi) is 5.76. The molecule has 5 rings (SSSR count). The topological polar surface area (TPSA) is 80.4 Å². The molecule has 2 aromatic carbocycles. The molecule has 0 spiro atoms. The lowest BCUT2D eigenvalue weighted by Gasteiger charge is -2.31. The first-order valence-electron chi connectivity index (χ1n) is 11.0. The molecule has 0 radical (unpaired) electrons. The number of carbonyl (C=O) groups excluding carboxylic acids is 2. The van der Waals surface area contributed by atoms with Crippen molar-refractivity contribution in [3.63, 3.8) is 0 Å². The van der Waals surface area contributed by atoms with Crippen LogP contribution >= 0.6 is 0 Å². The van der Waals surface area contributed by atoms with Crippen LogP contribution < -0.4 is 5.32 Å². The molecule has 0 saturated carbocycles. The zero-order chi connectivity index (χ0) is 22.6. The molecule has 3 heterocycles. The molecule has 33 heavy (non-hydrogen) atoms. The van der Waals surface area contributed by atoms with Crippen molar-refractivity contribution in [2.24, 2.45) is 0 Å². The van der Waals surface area contributed by atoms with E-state index < -0.39 is 0 Å². The van der Waals surface area contributed by atoms with E-state index in [0.29, 0.717) is 42.9 Å². The summed E-state index contributed by atoms with van der Waals surface area (Å²) in [6.45, 7) is 1.14. The molecule has 7 heteroatoms. The van der Waals surface area contributed by atoms with Crippen LogP contribution in [0.5, 0.6) is 0 Å². The largest absolute Gasteiger partial charge is 0.459 e. The highest BCUT2D eigenvalue weighted by atomic mass is 16.3. The molecule has 166 valence electrons. The third-order valence-corrected chi connectivity index (χ3v) is 5.88. The average Bonchev–Trinajstić information content (AvgIpc) is 3.56. The molecule has 2 aromatic heterocycles. The van der Waals surface area contributed by atoms with Crippen LogP contribution in [0, 0.1) is 0 Å². The van der Waals surface area contributed by atoms with E-state index in [9.17, 15) is 9.59 Å². The van der Waals surface area contributed by atoms with Crippen LogP contribution in [0.3, 0.4) is 0 Å². The molecule has 0 bridgehead atoms. The molecule has 4 aromatic rings. The van der Waals surface area contributed by atoms with Crippen molar-refractivity contribution in [2.45, 2.75) is 18.9 Å². The molecule has 2 amide bonds. The molecule has 1 fully saturated rings. The molecule has 1 aliphatic heterocycles. The highest BCUT2D eigenvalue weighted by Gasteiger charge is 2.27. The third kappa shape index (κ3) is 4.43. The number of hydrogen-bond donors (Lipinski definition) is 1. The summed E-state index contributed by atoms with van der Waals surface area (Å²) >= 11 is 0. The smallest absolute Gasteiger partial charge is 0.289 e. The van der Waals surface area contributed by atoms with Gasteiger partial charge < -0.3 is 14.6 Å². The monoisotopic (exact) mass is 440 g/mol. The molecule has 0 atom stereocenters. The number of amides is 2. The first kappa shape index (κ1) is 20.8. The minimum absolute atomic E-state index is 0.0122. The van der Waals surface area contributed by atoms with Gasteiger partial charge in [0.2, 0.25) is 0 Å². The Labute approximate surface area is 191 Å². The van der Waals surface area contributed by atoms with Crippen LogP contribution in [-0.2, 0) is 0 Å². The lowest BCUT2D eigenvalue weighted by molar-refractivity contribution is 0.0667. The SMILES string of the molecule is O=C(NC1CCN(C(=O)c2ccco2)CC1)c1cn(-c2ccccc2)nc1-c1ccccc1. The first-order valence-corrected chi connectivity index (χ1v) is 11.0. The number of furan rings is 1. The maximum Gasteiger partial charge on any atom is 0.289 e. The Morgan fingerprint density at radius 3 is 2.27 bits per heavy atom. The number of rotatable bonds is 5. The van der Waals surface area contributed by atoms with Crippen LogP contribution in [0.4, 0.5) is 0 Å². The number of hydrogen-bond acceptors (Lipinski definition) is 4. The maximum absolute atomic E-state index is 13.3. The van der Waals surface area contributed by atoms with Gasteiger partial charge in [0.1, 0.15) is 5.69 Å². The Hall–Kier alpha value is -4.13. The highest BCUT2D eigenvalue weighted by Crippen LogP contribution is 2.24. The van der Waals surface area contributed by atoms with E-state index in [0.717, 1.165) is 11.3 Å². The van der Waals surface area contributed by atoms with Gasteiger partial charge in [-0.3, -0.25) is 9.59 Å². The van der Waals surface area contributed by atoms with E-state index in [4.69, 9.17) is 9.52 Å². The van der Waals surface area contributed by atoms with Crippen LogP contribution in [0.1, 0.15) is 33.8 Å². The zero-order valence-electron chi connectivity index (χ0n) is 18.1. The van der Waals surface area contributed by atoms with E-state index in [1.54, 1.807) is 27.9 Å². The van der Waals surface area contributed by atoms with Crippen molar-refractivity contribution in [1.29, 1.82) is 0 Å². The highest BCUT2D eigenvalue weighted by molar-refractivity contribution is 6.00. The van der Waals surface area contributed by atoms with E-state index in [2.05, 4.69) is 5.32 Å². The third-order valence-electron chi connectivity index (χ3n) is 5.88. The van der Waals surface area contributed by atoms with Gasteiger partial charge in [0, 0.05) is 30.9 Å². The Morgan fingerprint density at radius 2 is 1.61 bits per heavy atom. The van der Waals surface area contributed by atoms with Crippen LogP contribution in [0.25, 0.3) is 16.9 Å². The van der Waals surface area contributed by atoms with Gasteiger partial charge in [-0.15, -0.1) is 0 Å². The van der Waals surface area contributed by atoms with Gasteiger partial charge >= 0.3 is 0 Å². The van der Waals surface area contributed by atoms with Gasteiger partial charge in [-0.05, 0) is 37.1 Å². The van der Waals surface area contributed by atoms with Crippen LogP contribution in [0.15, 0.2) is 89.7 Å². The summed E-state index contributed by atoms with van der Waals surface area (Å²) in [5.41, 5.74) is 2.94. The fourth-order valence-electron chi connectivity index (χ4n) is 4.11. The number of carbonyl (C=O) groups is 2. The molecule has 1 aliphatic rings. The minimum atomic E-state index is -0.160. The van der Waals surface area contributed by atoms with Crippen LogP contribution in [0.2, 0.25) is 0 Å². The van der Waals surface area contributed by atoms with Gasteiger partial charge in [0.15, 0.2) is 5.76 Å². The lowest BCUT2D eigenvalue weighted by Crippen LogP contribution is -2.46. The molecule has 1 N–H and O–H groups in total. The number of nitrogens with zero attached hydrogens (tertiary/aromatic N) is 3. The molecular weight excluding hydrogens is 416 g/mol. The lowest BCUT2D eigenvalue weighted by atomic mass is 10.0. The van der Waals surface area contributed by atoms with Crippen molar-refractivity contribution in [2.75, 3.05) is 13.1 Å². The number of piperidine rings is 1. The quantitative estimate of drug-likeness (QED) is 0.505. The van der Waals surface area contributed by atoms with Crippen LogP contribution in [-0.4, -0.2) is 45.6 Å². The fourth-order valence-corrected chi connectivity index (χ4v) is 4.11. The van der Waals surface area contributed by atoms with Gasteiger partial charge in [0.25, 0.3) is 11.8 Å². The van der Waals surface area contributed by atoms with Gasteiger partial charge in [-0.2, -0.15) is 5.10 Å². The predicted molar refractivity (Wildman–Crippen MR) is 124 cm³/mol. The molecule has 0 aliphatic carbocycles. The number of benzene rings is 2. The van der Waals surface area contributed by atoms with Gasteiger partial charge in [0.05, 0.1) is 17.5 Å². The Bertz CT molecular complexity index is 1230. The van der Waals surface area contributed by atoms with Crippen molar-refractivity contribution in [3.05, 3.63) is 96.6 Å². The Morgan fingerprint density at radius 1 is 0.909 bits per heavy atom. The molecule has 7 nitrogen and oxygen atoms in total.